The summed E-state index contributed by atoms with van der Waals surface area (Å²) in [4.78, 5) is 0. The SMILES string of the molecule is [Se]c1cccc2c1-c1ccccc1C2(c1ccccc1)c1ccccc1. The van der Waals surface area contributed by atoms with Gasteiger partial charge >= 0.3 is 162 Å². The van der Waals surface area contributed by atoms with Crippen LogP contribution in [-0.4, -0.2) is 16.0 Å². The molecule has 26 heavy (non-hydrogen) atoms. The number of fused-ring (bicyclic) bond motifs is 3. The second-order valence-corrected chi connectivity index (χ2v) is 7.63. The molecule has 1 radical (unpaired) electrons. The zero-order valence-electron chi connectivity index (χ0n) is 14.2. The number of hydrogen-bond acceptors (Lipinski definition) is 0. The van der Waals surface area contributed by atoms with Crippen LogP contribution in [0.3, 0.4) is 0 Å². The van der Waals surface area contributed by atoms with Gasteiger partial charge in [-0.2, -0.15) is 0 Å². The molecule has 0 nitrogen and oxygen atoms in total. The summed E-state index contributed by atoms with van der Waals surface area (Å²) in [7, 11) is 0. The van der Waals surface area contributed by atoms with Crippen molar-refractivity contribution in [1.82, 2.24) is 0 Å². The van der Waals surface area contributed by atoms with Crippen molar-refractivity contribution in [2.45, 2.75) is 5.41 Å². The molecule has 4 aromatic carbocycles. The minimum atomic E-state index is -0.283. The van der Waals surface area contributed by atoms with Crippen LogP contribution in [-0.2, 0) is 5.41 Å². The molecule has 1 aliphatic rings. The van der Waals surface area contributed by atoms with Gasteiger partial charge in [-0.15, -0.1) is 0 Å². The van der Waals surface area contributed by atoms with Gasteiger partial charge in [-0.1, -0.05) is 0 Å². The maximum atomic E-state index is 3.28. The summed E-state index contributed by atoms with van der Waals surface area (Å²) < 4.78 is 1.21. The molecule has 0 spiro atoms. The van der Waals surface area contributed by atoms with Crippen molar-refractivity contribution in [2.75, 3.05) is 0 Å². The van der Waals surface area contributed by atoms with Gasteiger partial charge in [-0.25, -0.2) is 0 Å². The Balaban J connectivity index is 2.00. The molecule has 123 valence electrons. The topological polar surface area (TPSA) is 0 Å². The monoisotopic (exact) mass is 397 g/mol. The number of benzene rings is 4. The molecule has 0 unspecified atom stereocenters. The van der Waals surface area contributed by atoms with Crippen molar-refractivity contribution in [3.05, 3.63) is 125 Å². The molecule has 0 saturated carbocycles. The molecule has 0 heterocycles. The summed E-state index contributed by atoms with van der Waals surface area (Å²) in [5.41, 5.74) is 7.70. The van der Waals surface area contributed by atoms with Crippen molar-refractivity contribution in [1.29, 1.82) is 0 Å². The van der Waals surface area contributed by atoms with Crippen LogP contribution in [0.1, 0.15) is 22.3 Å². The second-order valence-electron chi connectivity index (χ2n) is 6.71. The molecule has 0 N–H and O–H groups in total. The van der Waals surface area contributed by atoms with Gasteiger partial charge in [-0.05, 0) is 0 Å². The molecule has 5 rings (SSSR count). The van der Waals surface area contributed by atoms with Crippen molar-refractivity contribution < 1.29 is 0 Å². The van der Waals surface area contributed by atoms with Gasteiger partial charge in [-0.3, -0.25) is 0 Å². The Kier molecular flexibility index (Phi) is 3.60. The van der Waals surface area contributed by atoms with Gasteiger partial charge < -0.3 is 0 Å². The van der Waals surface area contributed by atoms with Crippen LogP contribution >= 0.6 is 0 Å². The fraction of sp³-hybridized carbons (Fsp3) is 0.0400. The van der Waals surface area contributed by atoms with Crippen LogP contribution in [0.4, 0.5) is 0 Å². The number of rotatable bonds is 2. The molecule has 0 aliphatic heterocycles. The molecule has 0 amide bonds. The minimum absolute atomic E-state index is 0.283. The molecule has 1 heteroatoms. The maximum absolute atomic E-state index is 3.28. The Hall–Kier alpha value is -2.60. The molecule has 0 fully saturated rings. The Labute approximate surface area is 162 Å². The van der Waals surface area contributed by atoms with Gasteiger partial charge in [0.25, 0.3) is 0 Å². The Bertz CT molecular complexity index is 1040. The van der Waals surface area contributed by atoms with E-state index < -0.39 is 0 Å². The van der Waals surface area contributed by atoms with E-state index in [1.165, 1.54) is 37.8 Å². The van der Waals surface area contributed by atoms with E-state index in [0.29, 0.717) is 0 Å². The zero-order valence-corrected chi connectivity index (χ0v) is 15.9. The standard InChI is InChI=1S/C25H17Se/c26-23-17-9-16-22-24(23)20-14-7-8-15-21(20)25(22,18-10-3-1-4-11-18)19-12-5-2-6-13-19/h1-17H. The van der Waals surface area contributed by atoms with Crippen LogP contribution in [0.2, 0.25) is 0 Å². The van der Waals surface area contributed by atoms with Crippen LogP contribution in [0.5, 0.6) is 0 Å². The molecule has 0 saturated heterocycles. The third-order valence-corrected chi connectivity index (χ3v) is 6.16. The van der Waals surface area contributed by atoms with E-state index in [2.05, 4.69) is 119 Å². The average molecular weight is 396 g/mol. The van der Waals surface area contributed by atoms with Crippen molar-refractivity contribution in [3.8, 4) is 11.1 Å². The molecular weight excluding hydrogens is 379 g/mol. The van der Waals surface area contributed by atoms with Gasteiger partial charge in [0.1, 0.15) is 0 Å². The normalized spacial score (nSPS) is 13.8. The van der Waals surface area contributed by atoms with E-state index in [4.69, 9.17) is 0 Å². The summed E-state index contributed by atoms with van der Waals surface area (Å²) in [6.07, 6.45) is 0. The summed E-state index contributed by atoms with van der Waals surface area (Å²) in [6.45, 7) is 0. The second kappa shape index (κ2) is 5.98. The van der Waals surface area contributed by atoms with Crippen molar-refractivity contribution in [2.24, 2.45) is 0 Å². The zero-order chi connectivity index (χ0) is 17.6. The van der Waals surface area contributed by atoms with Crippen LogP contribution in [0, 0.1) is 0 Å². The number of hydrogen-bond donors (Lipinski definition) is 0. The van der Waals surface area contributed by atoms with Gasteiger partial charge in [0, 0.05) is 0 Å². The van der Waals surface area contributed by atoms with E-state index in [1.807, 2.05) is 0 Å². The summed E-state index contributed by atoms with van der Waals surface area (Å²) in [6, 6.07) is 37.2. The molecular formula is C25H17Se. The average Bonchev–Trinajstić information content (AvgIpc) is 3.02. The molecule has 0 aromatic heterocycles. The van der Waals surface area contributed by atoms with E-state index in [0.717, 1.165) is 0 Å². The van der Waals surface area contributed by atoms with Crippen LogP contribution in [0.25, 0.3) is 11.1 Å². The molecule has 1 aliphatic carbocycles. The Morgan fingerprint density at radius 1 is 0.500 bits per heavy atom. The van der Waals surface area contributed by atoms with E-state index in [9.17, 15) is 0 Å². The molecule has 0 atom stereocenters. The Morgan fingerprint density at radius 3 is 1.69 bits per heavy atom. The van der Waals surface area contributed by atoms with Crippen LogP contribution in [0.15, 0.2) is 103 Å². The summed E-state index contributed by atoms with van der Waals surface area (Å²) in [5, 5.41) is 0. The van der Waals surface area contributed by atoms with Crippen LogP contribution < -0.4 is 4.46 Å². The first-order chi connectivity index (χ1) is 12.8. The van der Waals surface area contributed by atoms with Gasteiger partial charge in [0.2, 0.25) is 0 Å². The summed E-state index contributed by atoms with van der Waals surface area (Å²) in [5.74, 6) is 0. The molecule has 0 bridgehead atoms. The third kappa shape index (κ3) is 2.02. The van der Waals surface area contributed by atoms with Gasteiger partial charge in [0.05, 0.1) is 0 Å². The van der Waals surface area contributed by atoms with Gasteiger partial charge in [0.15, 0.2) is 0 Å². The van der Waals surface area contributed by atoms with Crippen molar-refractivity contribution >= 4 is 20.5 Å². The quantitative estimate of drug-likeness (QED) is 0.375. The predicted molar refractivity (Wildman–Crippen MR) is 109 cm³/mol. The summed E-state index contributed by atoms with van der Waals surface area (Å²) >= 11 is 3.28. The first-order valence-electron chi connectivity index (χ1n) is 8.85. The van der Waals surface area contributed by atoms with E-state index in [1.54, 1.807) is 0 Å². The first-order valence-corrected chi connectivity index (χ1v) is 9.70. The van der Waals surface area contributed by atoms with E-state index in [-0.39, 0.29) is 5.41 Å². The fourth-order valence-electron chi connectivity index (χ4n) is 4.46. The first kappa shape index (κ1) is 15.6. The fourth-order valence-corrected chi connectivity index (χ4v) is 5.09. The van der Waals surface area contributed by atoms with Crippen molar-refractivity contribution in [3.63, 3.8) is 0 Å². The molecule has 4 aromatic rings. The predicted octanol–water partition coefficient (Wildman–Crippen LogP) is 4.84. The third-order valence-electron chi connectivity index (χ3n) is 5.44. The van der Waals surface area contributed by atoms with E-state index >= 15 is 0 Å². The Morgan fingerprint density at radius 2 is 1.04 bits per heavy atom.